The van der Waals surface area contributed by atoms with Crippen molar-refractivity contribution >= 4 is 29.3 Å². The van der Waals surface area contributed by atoms with E-state index >= 15 is 0 Å². The highest BCUT2D eigenvalue weighted by Gasteiger charge is 2.13. The highest BCUT2D eigenvalue weighted by molar-refractivity contribution is 7.99. The van der Waals surface area contributed by atoms with E-state index in [0.717, 1.165) is 17.9 Å². The number of carbonyl (C=O) groups is 1. The van der Waals surface area contributed by atoms with Gasteiger partial charge in [0.25, 0.3) is 0 Å². The maximum atomic E-state index is 11.8. The minimum absolute atomic E-state index is 0.0330. The first-order chi connectivity index (χ1) is 11.1. The van der Waals surface area contributed by atoms with Crippen LogP contribution in [0.3, 0.4) is 0 Å². The fourth-order valence-electron chi connectivity index (χ4n) is 1.95. The summed E-state index contributed by atoms with van der Waals surface area (Å²) < 4.78 is 6.84. The molecule has 0 radical (unpaired) electrons. The number of ether oxygens (including phenoxy) is 1. The molecule has 0 saturated carbocycles. The summed E-state index contributed by atoms with van der Waals surface area (Å²) in [5.41, 5.74) is 0.917. The predicted octanol–water partition coefficient (Wildman–Crippen LogP) is 2.47. The number of methoxy groups -OCH3 is 1. The zero-order valence-electron chi connectivity index (χ0n) is 13.1. The van der Waals surface area contributed by atoms with Crippen LogP contribution in [0.25, 0.3) is 5.69 Å². The summed E-state index contributed by atoms with van der Waals surface area (Å²) in [6, 6.07) is 7.42. The fourth-order valence-corrected chi connectivity index (χ4v) is 2.90. The van der Waals surface area contributed by atoms with Gasteiger partial charge in [0.05, 0.1) is 5.75 Å². The molecule has 0 spiro atoms. The van der Waals surface area contributed by atoms with Gasteiger partial charge in [-0.1, -0.05) is 23.4 Å². The summed E-state index contributed by atoms with van der Waals surface area (Å²) in [4.78, 5) is 11.8. The van der Waals surface area contributed by atoms with Gasteiger partial charge in [0.15, 0.2) is 5.16 Å². The lowest BCUT2D eigenvalue weighted by Crippen LogP contribution is -2.26. The van der Waals surface area contributed by atoms with E-state index in [1.807, 2.05) is 35.8 Å². The van der Waals surface area contributed by atoms with Gasteiger partial charge in [-0.05, 0) is 37.6 Å². The molecule has 2 aromatic rings. The van der Waals surface area contributed by atoms with E-state index in [0.29, 0.717) is 29.1 Å². The third-order valence-electron chi connectivity index (χ3n) is 3.06. The van der Waals surface area contributed by atoms with Gasteiger partial charge in [-0.25, -0.2) is 0 Å². The first-order valence-corrected chi connectivity index (χ1v) is 8.54. The van der Waals surface area contributed by atoms with Crippen LogP contribution in [0, 0.1) is 6.92 Å². The van der Waals surface area contributed by atoms with Crippen LogP contribution in [0.1, 0.15) is 12.2 Å². The van der Waals surface area contributed by atoms with Crippen molar-refractivity contribution in [2.75, 3.05) is 26.0 Å². The van der Waals surface area contributed by atoms with E-state index in [9.17, 15) is 4.79 Å². The highest BCUT2D eigenvalue weighted by atomic mass is 35.5. The Bertz CT molecular complexity index is 645. The van der Waals surface area contributed by atoms with Crippen LogP contribution in [0.2, 0.25) is 5.02 Å². The van der Waals surface area contributed by atoms with E-state index in [4.69, 9.17) is 16.3 Å². The first kappa shape index (κ1) is 17.8. The summed E-state index contributed by atoms with van der Waals surface area (Å²) in [5, 5.41) is 12.4. The Labute approximate surface area is 144 Å². The van der Waals surface area contributed by atoms with Gasteiger partial charge in [0.2, 0.25) is 5.91 Å². The second kappa shape index (κ2) is 8.90. The zero-order valence-corrected chi connectivity index (χ0v) is 14.7. The third-order valence-corrected chi connectivity index (χ3v) is 4.24. The van der Waals surface area contributed by atoms with Crippen molar-refractivity contribution < 1.29 is 9.53 Å². The largest absolute Gasteiger partial charge is 0.385 e. The molecule has 0 aliphatic rings. The molecular weight excluding hydrogens is 336 g/mol. The number of hydrogen-bond acceptors (Lipinski definition) is 5. The number of amides is 1. The van der Waals surface area contributed by atoms with Crippen LogP contribution in [-0.2, 0) is 9.53 Å². The summed E-state index contributed by atoms with van der Waals surface area (Å²) in [6.45, 7) is 3.12. The van der Waals surface area contributed by atoms with Gasteiger partial charge < -0.3 is 10.1 Å². The molecule has 0 atom stereocenters. The van der Waals surface area contributed by atoms with Gasteiger partial charge in [0.1, 0.15) is 5.82 Å². The first-order valence-electron chi connectivity index (χ1n) is 7.18. The number of rotatable bonds is 8. The van der Waals surface area contributed by atoms with Gasteiger partial charge in [-0.15, -0.1) is 10.2 Å². The van der Waals surface area contributed by atoms with Crippen LogP contribution in [-0.4, -0.2) is 46.7 Å². The number of benzene rings is 1. The van der Waals surface area contributed by atoms with Crippen LogP contribution >= 0.6 is 23.4 Å². The van der Waals surface area contributed by atoms with E-state index in [1.54, 1.807) is 7.11 Å². The molecule has 1 aromatic carbocycles. The molecule has 124 valence electrons. The molecule has 8 heteroatoms. The third kappa shape index (κ3) is 5.23. The van der Waals surface area contributed by atoms with Crippen LogP contribution in [0.5, 0.6) is 0 Å². The molecule has 0 fully saturated rings. The Balaban J connectivity index is 1.96. The van der Waals surface area contributed by atoms with Crippen LogP contribution in [0.4, 0.5) is 0 Å². The molecule has 0 unspecified atom stereocenters. The second-order valence-electron chi connectivity index (χ2n) is 4.83. The molecule has 0 saturated heterocycles. The molecule has 1 heterocycles. The van der Waals surface area contributed by atoms with Crippen molar-refractivity contribution in [3.05, 3.63) is 35.1 Å². The SMILES string of the molecule is COCCCNC(=O)CSc1nnc(C)n1-c1ccc(Cl)cc1. The van der Waals surface area contributed by atoms with Crippen molar-refractivity contribution in [1.29, 1.82) is 0 Å². The number of thioether (sulfide) groups is 1. The topological polar surface area (TPSA) is 69.0 Å². The standard InChI is InChI=1S/C15H19ClN4O2S/c1-11-18-19-15(20(11)13-6-4-12(16)5-7-13)23-10-14(21)17-8-3-9-22-2/h4-7H,3,8-10H2,1-2H3,(H,17,21). The molecule has 1 aromatic heterocycles. The summed E-state index contributed by atoms with van der Waals surface area (Å²) >= 11 is 7.27. The Morgan fingerprint density at radius 1 is 1.35 bits per heavy atom. The molecule has 2 rings (SSSR count). The van der Waals surface area contributed by atoms with E-state index < -0.39 is 0 Å². The Kier molecular flexibility index (Phi) is 6.88. The van der Waals surface area contributed by atoms with Gasteiger partial charge >= 0.3 is 0 Å². The minimum Gasteiger partial charge on any atom is -0.385 e. The summed E-state index contributed by atoms with van der Waals surface area (Å²) in [7, 11) is 1.64. The molecule has 0 bridgehead atoms. The summed E-state index contributed by atoms with van der Waals surface area (Å²) in [6.07, 6.45) is 0.799. The molecule has 1 amide bonds. The number of nitrogens with one attached hydrogen (secondary N) is 1. The maximum Gasteiger partial charge on any atom is 0.230 e. The molecule has 23 heavy (non-hydrogen) atoms. The quantitative estimate of drug-likeness (QED) is 0.582. The van der Waals surface area contributed by atoms with Crippen molar-refractivity contribution in [3.8, 4) is 5.69 Å². The van der Waals surface area contributed by atoms with E-state index in [-0.39, 0.29) is 5.91 Å². The number of hydrogen-bond donors (Lipinski definition) is 1. The number of aromatic nitrogens is 3. The van der Waals surface area contributed by atoms with Crippen molar-refractivity contribution in [3.63, 3.8) is 0 Å². The van der Waals surface area contributed by atoms with Crippen molar-refractivity contribution in [2.45, 2.75) is 18.5 Å². The lowest BCUT2D eigenvalue weighted by Gasteiger charge is -2.08. The molecular formula is C15H19ClN4O2S. The van der Waals surface area contributed by atoms with Gasteiger partial charge in [-0.3, -0.25) is 9.36 Å². The lowest BCUT2D eigenvalue weighted by molar-refractivity contribution is -0.118. The monoisotopic (exact) mass is 354 g/mol. The van der Waals surface area contributed by atoms with Gasteiger partial charge in [-0.2, -0.15) is 0 Å². The van der Waals surface area contributed by atoms with Crippen molar-refractivity contribution in [2.24, 2.45) is 0 Å². The summed E-state index contributed by atoms with van der Waals surface area (Å²) in [5.74, 6) is 1.02. The number of halogens is 1. The molecule has 6 nitrogen and oxygen atoms in total. The second-order valence-corrected chi connectivity index (χ2v) is 6.21. The van der Waals surface area contributed by atoms with Crippen molar-refractivity contribution in [1.82, 2.24) is 20.1 Å². The minimum atomic E-state index is -0.0330. The fraction of sp³-hybridized carbons (Fsp3) is 0.400. The zero-order chi connectivity index (χ0) is 16.7. The lowest BCUT2D eigenvalue weighted by atomic mass is 10.3. The van der Waals surface area contributed by atoms with E-state index in [1.165, 1.54) is 11.8 Å². The maximum absolute atomic E-state index is 11.8. The molecule has 0 aliphatic carbocycles. The number of aryl methyl sites for hydroxylation is 1. The average molecular weight is 355 g/mol. The predicted molar refractivity (Wildman–Crippen MR) is 91.3 cm³/mol. The Hall–Kier alpha value is -1.57. The number of nitrogens with zero attached hydrogens (tertiary/aromatic N) is 3. The van der Waals surface area contributed by atoms with Gasteiger partial charge in [0, 0.05) is 31.0 Å². The molecule has 0 aliphatic heterocycles. The average Bonchev–Trinajstić information content (AvgIpc) is 2.91. The smallest absolute Gasteiger partial charge is 0.230 e. The highest BCUT2D eigenvalue weighted by Crippen LogP contribution is 2.22. The van der Waals surface area contributed by atoms with E-state index in [2.05, 4.69) is 15.5 Å². The number of carbonyl (C=O) groups excluding carboxylic acids is 1. The molecule has 1 N–H and O–H groups in total. The van der Waals surface area contributed by atoms with Crippen LogP contribution < -0.4 is 5.32 Å². The Morgan fingerprint density at radius 2 is 2.09 bits per heavy atom. The normalized spacial score (nSPS) is 10.7. The van der Waals surface area contributed by atoms with Crippen LogP contribution in [0.15, 0.2) is 29.4 Å². The Morgan fingerprint density at radius 3 is 2.78 bits per heavy atom.